The second kappa shape index (κ2) is 8.52. The molecule has 1 amide bonds. The van der Waals surface area contributed by atoms with E-state index in [1.165, 1.54) is 5.56 Å². The number of nitrogens with one attached hydrogen (secondary N) is 1. The molecule has 0 aromatic heterocycles. The van der Waals surface area contributed by atoms with Crippen molar-refractivity contribution >= 4 is 6.09 Å². The standard InChI is InChI=1S/C20H34N2O2/c1-19(2,3)15-17(16-11-9-8-10-12-16)21-13-14-22(7)18(23)24-20(4,5)6/h8-12,17,21H,13-15H2,1-7H3. The monoisotopic (exact) mass is 334 g/mol. The van der Waals surface area contributed by atoms with E-state index in [4.69, 9.17) is 4.74 Å². The van der Waals surface area contributed by atoms with Gasteiger partial charge in [-0.25, -0.2) is 4.79 Å². The fraction of sp³-hybridized carbons (Fsp3) is 0.650. The maximum atomic E-state index is 12.0. The van der Waals surface area contributed by atoms with E-state index in [1.54, 1.807) is 11.9 Å². The number of carbonyl (C=O) groups excluding carboxylic acids is 1. The summed E-state index contributed by atoms with van der Waals surface area (Å²) in [5, 5.41) is 3.59. The van der Waals surface area contributed by atoms with Gasteiger partial charge >= 0.3 is 6.09 Å². The van der Waals surface area contributed by atoms with Crippen molar-refractivity contribution < 1.29 is 9.53 Å². The minimum absolute atomic E-state index is 0.227. The molecule has 0 saturated heterocycles. The first kappa shape index (κ1) is 20.5. The van der Waals surface area contributed by atoms with Crippen LogP contribution in [-0.4, -0.2) is 36.7 Å². The number of hydrogen-bond donors (Lipinski definition) is 1. The Hall–Kier alpha value is -1.55. The molecule has 0 aliphatic rings. The first-order valence-electron chi connectivity index (χ1n) is 8.70. The van der Waals surface area contributed by atoms with Crippen molar-refractivity contribution in [1.29, 1.82) is 0 Å². The van der Waals surface area contributed by atoms with E-state index in [1.807, 2.05) is 26.8 Å². The molecule has 1 rings (SSSR count). The first-order valence-corrected chi connectivity index (χ1v) is 8.70. The number of benzene rings is 1. The quantitative estimate of drug-likeness (QED) is 0.825. The average Bonchev–Trinajstić information content (AvgIpc) is 2.44. The normalized spacial score (nSPS) is 13.5. The molecule has 0 bridgehead atoms. The van der Waals surface area contributed by atoms with Gasteiger partial charge in [0.1, 0.15) is 5.60 Å². The molecule has 1 N–H and O–H groups in total. The predicted octanol–water partition coefficient (Wildman–Crippen LogP) is 4.62. The summed E-state index contributed by atoms with van der Waals surface area (Å²) in [6, 6.07) is 10.8. The Morgan fingerprint density at radius 2 is 1.71 bits per heavy atom. The van der Waals surface area contributed by atoms with Crippen LogP contribution in [0, 0.1) is 5.41 Å². The fourth-order valence-electron chi connectivity index (χ4n) is 2.44. The van der Waals surface area contributed by atoms with Crippen LogP contribution < -0.4 is 5.32 Å². The smallest absolute Gasteiger partial charge is 0.410 e. The molecule has 1 aromatic rings. The Morgan fingerprint density at radius 1 is 1.12 bits per heavy atom. The molecule has 1 aromatic carbocycles. The molecule has 1 atom stereocenters. The third kappa shape index (κ3) is 8.34. The summed E-state index contributed by atoms with van der Waals surface area (Å²) >= 11 is 0. The zero-order valence-electron chi connectivity index (χ0n) is 16.3. The van der Waals surface area contributed by atoms with E-state index < -0.39 is 5.60 Å². The Labute approximate surface area is 147 Å². The van der Waals surface area contributed by atoms with Crippen LogP contribution in [-0.2, 0) is 4.74 Å². The van der Waals surface area contributed by atoms with E-state index in [0.29, 0.717) is 6.54 Å². The van der Waals surface area contributed by atoms with Crippen molar-refractivity contribution in [3.63, 3.8) is 0 Å². The fourth-order valence-corrected chi connectivity index (χ4v) is 2.44. The molecule has 0 heterocycles. The zero-order chi connectivity index (χ0) is 18.4. The van der Waals surface area contributed by atoms with Crippen molar-refractivity contribution in [1.82, 2.24) is 10.2 Å². The molecule has 136 valence electrons. The number of carbonyl (C=O) groups is 1. The lowest BCUT2D eigenvalue weighted by atomic mass is 9.85. The molecule has 0 aliphatic carbocycles. The summed E-state index contributed by atoms with van der Waals surface area (Å²) in [6.45, 7) is 13.7. The second-order valence-corrected chi connectivity index (χ2v) is 8.58. The van der Waals surface area contributed by atoms with Gasteiger partial charge in [-0.05, 0) is 38.2 Å². The van der Waals surface area contributed by atoms with Crippen LogP contribution in [0.3, 0.4) is 0 Å². The maximum absolute atomic E-state index is 12.0. The molecule has 0 radical (unpaired) electrons. The van der Waals surface area contributed by atoms with Gasteiger partial charge in [-0.2, -0.15) is 0 Å². The van der Waals surface area contributed by atoms with Gasteiger partial charge in [0.25, 0.3) is 0 Å². The SMILES string of the molecule is CN(CCNC(CC(C)(C)C)c1ccccc1)C(=O)OC(C)(C)C. The maximum Gasteiger partial charge on any atom is 0.410 e. The highest BCUT2D eigenvalue weighted by Gasteiger charge is 2.21. The van der Waals surface area contributed by atoms with Gasteiger partial charge in [-0.15, -0.1) is 0 Å². The number of amides is 1. The van der Waals surface area contributed by atoms with Gasteiger partial charge in [-0.3, -0.25) is 0 Å². The number of rotatable bonds is 6. The predicted molar refractivity (Wildman–Crippen MR) is 100 cm³/mol. The summed E-state index contributed by atoms with van der Waals surface area (Å²) in [7, 11) is 1.77. The molecule has 24 heavy (non-hydrogen) atoms. The second-order valence-electron chi connectivity index (χ2n) is 8.58. The zero-order valence-corrected chi connectivity index (χ0v) is 16.3. The highest BCUT2D eigenvalue weighted by Crippen LogP contribution is 2.29. The Kier molecular flexibility index (Phi) is 7.27. The van der Waals surface area contributed by atoms with Crippen LogP contribution in [0.1, 0.15) is 59.6 Å². The molecule has 4 heteroatoms. The van der Waals surface area contributed by atoms with Gasteiger partial charge in [0.2, 0.25) is 0 Å². The molecule has 1 unspecified atom stereocenters. The van der Waals surface area contributed by atoms with Gasteiger partial charge in [-0.1, -0.05) is 51.1 Å². The molecular formula is C20H34N2O2. The van der Waals surface area contributed by atoms with Crippen LogP contribution >= 0.6 is 0 Å². The van der Waals surface area contributed by atoms with Crippen molar-refractivity contribution in [3.8, 4) is 0 Å². The summed E-state index contributed by atoms with van der Waals surface area (Å²) < 4.78 is 5.38. The third-order valence-corrected chi connectivity index (χ3v) is 3.56. The minimum Gasteiger partial charge on any atom is -0.444 e. The number of ether oxygens (including phenoxy) is 1. The summed E-state index contributed by atoms with van der Waals surface area (Å²) in [5.74, 6) is 0. The lowest BCUT2D eigenvalue weighted by Crippen LogP contribution is -2.39. The van der Waals surface area contributed by atoms with E-state index in [9.17, 15) is 4.79 Å². The number of hydrogen-bond acceptors (Lipinski definition) is 3. The van der Waals surface area contributed by atoms with Crippen molar-refractivity contribution in [2.24, 2.45) is 5.41 Å². The molecule has 0 fully saturated rings. The van der Waals surface area contributed by atoms with Gasteiger partial charge in [0, 0.05) is 26.2 Å². The third-order valence-electron chi connectivity index (χ3n) is 3.56. The first-order chi connectivity index (χ1) is 11.0. The Bertz CT molecular complexity index is 501. The van der Waals surface area contributed by atoms with Crippen LogP contribution in [0.2, 0.25) is 0 Å². The van der Waals surface area contributed by atoms with E-state index in [0.717, 1.165) is 13.0 Å². The summed E-state index contributed by atoms with van der Waals surface area (Å²) in [4.78, 5) is 13.6. The molecule has 4 nitrogen and oxygen atoms in total. The van der Waals surface area contributed by atoms with Gasteiger partial charge < -0.3 is 15.0 Å². The van der Waals surface area contributed by atoms with E-state index in [-0.39, 0.29) is 17.6 Å². The van der Waals surface area contributed by atoms with Crippen molar-refractivity contribution in [2.45, 2.75) is 59.6 Å². The minimum atomic E-state index is -0.461. The van der Waals surface area contributed by atoms with Crippen molar-refractivity contribution in [3.05, 3.63) is 35.9 Å². The van der Waals surface area contributed by atoms with Crippen LogP contribution in [0.15, 0.2) is 30.3 Å². The number of likely N-dealkylation sites (N-methyl/N-ethyl adjacent to an activating group) is 1. The summed E-state index contributed by atoms with van der Waals surface area (Å²) in [6.07, 6.45) is 0.754. The van der Waals surface area contributed by atoms with E-state index in [2.05, 4.69) is 50.4 Å². The van der Waals surface area contributed by atoms with Crippen LogP contribution in [0.25, 0.3) is 0 Å². The highest BCUT2D eigenvalue weighted by molar-refractivity contribution is 5.67. The van der Waals surface area contributed by atoms with Gasteiger partial charge in [0.15, 0.2) is 0 Å². The molecule has 0 spiro atoms. The Balaban J connectivity index is 2.58. The van der Waals surface area contributed by atoms with Crippen LogP contribution in [0.4, 0.5) is 4.79 Å². The Morgan fingerprint density at radius 3 is 2.21 bits per heavy atom. The topological polar surface area (TPSA) is 41.6 Å². The lowest BCUT2D eigenvalue weighted by molar-refractivity contribution is 0.0298. The lowest BCUT2D eigenvalue weighted by Gasteiger charge is -2.29. The number of nitrogens with zero attached hydrogens (tertiary/aromatic N) is 1. The van der Waals surface area contributed by atoms with E-state index >= 15 is 0 Å². The largest absolute Gasteiger partial charge is 0.444 e. The molecule has 0 saturated carbocycles. The van der Waals surface area contributed by atoms with Crippen LogP contribution in [0.5, 0.6) is 0 Å². The average molecular weight is 335 g/mol. The molecule has 0 aliphatic heterocycles. The van der Waals surface area contributed by atoms with Gasteiger partial charge in [0.05, 0.1) is 0 Å². The summed E-state index contributed by atoms with van der Waals surface area (Å²) in [5.41, 5.74) is 1.05. The highest BCUT2D eigenvalue weighted by atomic mass is 16.6. The van der Waals surface area contributed by atoms with Crippen molar-refractivity contribution in [2.75, 3.05) is 20.1 Å². The molecular weight excluding hydrogens is 300 g/mol.